The van der Waals surface area contributed by atoms with Gasteiger partial charge < -0.3 is 15.7 Å². The first-order valence-corrected chi connectivity index (χ1v) is 7.17. The minimum Gasteiger partial charge on any atom is -0.387 e. The molecule has 1 aromatic carbocycles. The maximum absolute atomic E-state index is 12.6. The van der Waals surface area contributed by atoms with Gasteiger partial charge in [-0.05, 0) is 24.1 Å². The van der Waals surface area contributed by atoms with Crippen LogP contribution in [-0.4, -0.2) is 30.0 Å². The molecule has 0 aromatic heterocycles. The van der Waals surface area contributed by atoms with E-state index in [9.17, 15) is 27.9 Å². The highest BCUT2D eigenvalue weighted by atomic mass is 19.4. The van der Waals surface area contributed by atoms with Crippen molar-refractivity contribution in [1.29, 1.82) is 0 Å². The number of rotatable bonds is 4. The first kappa shape index (κ1) is 17.3. The van der Waals surface area contributed by atoms with E-state index < -0.39 is 17.8 Å². The van der Waals surface area contributed by atoms with Crippen LogP contribution in [0.25, 0.3) is 0 Å². The molecule has 0 spiro atoms. The van der Waals surface area contributed by atoms with Crippen LogP contribution in [0.15, 0.2) is 24.3 Å². The first-order valence-electron chi connectivity index (χ1n) is 7.17. The molecule has 23 heavy (non-hydrogen) atoms. The standard InChI is InChI=1S/C15H17F3N2O3/c16-15(17,18)11-3-1-2-9(6-11)12(21)8-20-14(23)10-4-5-13(22)19-7-10/h1-3,6,10,12,21H,4-5,7-8H2,(H,19,22)(H,20,23). The zero-order valence-electron chi connectivity index (χ0n) is 12.2. The number of hydrogen-bond acceptors (Lipinski definition) is 3. The molecular formula is C15H17F3N2O3. The van der Waals surface area contributed by atoms with Crippen LogP contribution >= 0.6 is 0 Å². The minimum absolute atomic E-state index is 0.0806. The third-order valence-corrected chi connectivity index (χ3v) is 3.70. The zero-order chi connectivity index (χ0) is 17.0. The van der Waals surface area contributed by atoms with E-state index >= 15 is 0 Å². The highest BCUT2D eigenvalue weighted by Gasteiger charge is 2.31. The summed E-state index contributed by atoms with van der Waals surface area (Å²) in [5.41, 5.74) is -0.771. The molecule has 2 unspecified atom stereocenters. The molecule has 0 radical (unpaired) electrons. The molecule has 0 aliphatic carbocycles. The van der Waals surface area contributed by atoms with E-state index in [1.165, 1.54) is 12.1 Å². The first-order chi connectivity index (χ1) is 10.8. The Bertz CT molecular complexity index is 580. The van der Waals surface area contributed by atoms with Gasteiger partial charge in [0.05, 0.1) is 17.6 Å². The van der Waals surface area contributed by atoms with E-state index in [0.717, 1.165) is 12.1 Å². The summed E-state index contributed by atoms with van der Waals surface area (Å²) in [5, 5.41) is 15.0. The molecule has 1 fully saturated rings. The fourth-order valence-electron chi connectivity index (χ4n) is 2.34. The number of carbonyl (C=O) groups excluding carboxylic acids is 2. The van der Waals surface area contributed by atoms with Crippen LogP contribution in [0.2, 0.25) is 0 Å². The Labute approximate surface area is 130 Å². The lowest BCUT2D eigenvalue weighted by molar-refractivity contribution is -0.137. The quantitative estimate of drug-likeness (QED) is 0.780. The Morgan fingerprint density at radius 2 is 2.17 bits per heavy atom. The SMILES string of the molecule is O=C1CCC(C(=O)NCC(O)c2cccc(C(F)(F)F)c2)CN1. The van der Waals surface area contributed by atoms with Crippen molar-refractivity contribution in [3.8, 4) is 0 Å². The maximum Gasteiger partial charge on any atom is 0.416 e. The van der Waals surface area contributed by atoms with Crippen molar-refractivity contribution in [1.82, 2.24) is 10.6 Å². The lowest BCUT2D eigenvalue weighted by atomic mass is 9.98. The van der Waals surface area contributed by atoms with Crippen LogP contribution in [0.3, 0.4) is 0 Å². The molecule has 0 bridgehead atoms. The predicted molar refractivity (Wildman–Crippen MR) is 75.1 cm³/mol. The second-order valence-electron chi connectivity index (χ2n) is 5.42. The monoisotopic (exact) mass is 330 g/mol. The third kappa shape index (κ3) is 4.69. The lowest BCUT2D eigenvalue weighted by Gasteiger charge is -2.22. The van der Waals surface area contributed by atoms with Crippen LogP contribution in [0.4, 0.5) is 13.2 Å². The van der Waals surface area contributed by atoms with Gasteiger partial charge in [-0.25, -0.2) is 0 Å². The van der Waals surface area contributed by atoms with E-state index in [0.29, 0.717) is 6.42 Å². The summed E-state index contributed by atoms with van der Waals surface area (Å²) >= 11 is 0. The second-order valence-corrected chi connectivity index (χ2v) is 5.42. The van der Waals surface area contributed by atoms with Gasteiger partial charge in [0.25, 0.3) is 0 Å². The molecule has 1 aliphatic heterocycles. The molecule has 1 heterocycles. The Kier molecular flexibility index (Phi) is 5.25. The van der Waals surface area contributed by atoms with Gasteiger partial charge in [0, 0.05) is 19.5 Å². The summed E-state index contributed by atoms with van der Waals surface area (Å²) in [4.78, 5) is 22.9. The number of hydrogen-bond donors (Lipinski definition) is 3. The smallest absolute Gasteiger partial charge is 0.387 e. The minimum atomic E-state index is -4.49. The lowest BCUT2D eigenvalue weighted by Crippen LogP contribution is -2.43. The molecular weight excluding hydrogens is 313 g/mol. The van der Waals surface area contributed by atoms with Gasteiger partial charge >= 0.3 is 6.18 Å². The zero-order valence-corrected chi connectivity index (χ0v) is 12.2. The summed E-state index contributed by atoms with van der Waals surface area (Å²) in [6.07, 6.45) is -5.05. The molecule has 3 N–H and O–H groups in total. The fraction of sp³-hybridized carbons (Fsp3) is 0.467. The van der Waals surface area contributed by atoms with Crippen molar-refractivity contribution >= 4 is 11.8 Å². The Hall–Kier alpha value is -2.09. The molecule has 2 amide bonds. The molecule has 1 aromatic rings. The largest absolute Gasteiger partial charge is 0.416 e. The van der Waals surface area contributed by atoms with E-state index in [2.05, 4.69) is 10.6 Å². The molecule has 0 saturated carbocycles. The third-order valence-electron chi connectivity index (χ3n) is 3.70. The number of aliphatic hydroxyl groups excluding tert-OH is 1. The van der Waals surface area contributed by atoms with Crippen molar-refractivity contribution in [2.45, 2.75) is 25.1 Å². The summed E-state index contributed by atoms with van der Waals surface area (Å²) < 4.78 is 37.9. The van der Waals surface area contributed by atoms with Crippen molar-refractivity contribution < 1.29 is 27.9 Å². The number of amides is 2. The Balaban J connectivity index is 1.90. The molecule has 1 aliphatic rings. The summed E-state index contributed by atoms with van der Waals surface area (Å²) in [7, 11) is 0. The number of carbonyl (C=O) groups is 2. The van der Waals surface area contributed by atoms with E-state index in [1.54, 1.807) is 0 Å². The summed E-state index contributed by atoms with van der Waals surface area (Å²) in [6.45, 7) is 0.0366. The highest BCUT2D eigenvalue weighted by Crippen LogP contribution is 2.30. The Morgan fingerprint density at radius 1 is 1.43 bits per heavy atom. The van der Waals surface area contributed by atoms with Crippen LogP contribution in [0.5, 0.6) is 0 Å². The Morgan fingerprint density at radius 3 is 2.78 bits per heavy atom. The number of benzene rings is 1. The average Bonchev–Trinajstić information content (AvgIpc) is 2.52. The van der Waals surface area contributed by atoms with Crippen molar-refractivity contribution in [2.24, 2.45) is 5.92 Å². The topological polar surface area (TPSA) is 78.4 Å². The molecule has 5 nitrogen and oxygen atoms in total. The van der Waals surface area contributed by atoms with Gasteiger partial charge in [-0.15, -0.1) is 0 Å². The van der Waals surface area contributed by atoms with Crippen molar-refractivity contribution in [3.05, 3.63) is 35.4 Å². The summed E-state index contributed by atoms with van der Waals surface area (Å²) in [5.74, 6) is -0.838. The van der Waals surface area contributed by atoms with Gasteiger partial charge in [-0.2, -0.15) is 13.2 Å². The van der Waals surface area contributed by atoms with E-state index in [-0.39, 0.29) is 42.8 Å². The van der Waals surface area contributed by atoms with Gasteiger partial charge in [0.1, 0.15) is 0 Å². The molecule has 2 rings (SSSR count). The van der Waals surface area contributed by atoms with Crippen LogP contribution in [0, 0.1) is 5.92 Å². The molecule has 2 atom stereocenters. The summed E-state index contributed by atoms with van der Waals surface area (Å²) in [6, 6.07) is 4.35. The highest BCUT2D eigenvalue weighted by molar-refractivity contribution is 5.83. The second kappa shape index (κ2) is 6.99. The fourth-order valence-corrected chi connectivity index (χ4v) is 2.34. The maximum atomic E-state index is 12.6. The van der Waals surface area contributed by atoms with Gasteiger partial charge in [0.15, 0.2) is 0 Å². The van der Waals surface area contributed by atoms with E-state index in [4.69, 9.17) is 0 Å². The molecule has 8 heteroatoms. The molecule has 126 valence electrons. The van der Waals surface area contributed by atoms with Crippen LogP contribution in [0.1, 0.15) is 30.1 Å². The number of piperidine rings is 1. The van der Waals surface area contributed by atoms with Gasteiger partial charge in [-0.1, -0.05) is 12.1 Å². The number of aliphatic hydroxyl groups is 1. The van der Waals surface area contributed by atoms with Crippen molar-refractivity contribution in [2.75, 3.05) is 13.1 Å². The predicted octanol–water partition coefficient (Wildman–Crippen LogP) is 1.38. The number of nitrogens with one attached hydrogen (secondary N) is 2. The normalized spacial score (nSPS) is 19.8. The van der Waals surface area contributed by atoms with E-state index in [1.807, 2.05) is 0 Å². The number of halogens is 3. The van der Waals surface area contributed by atoms with Crippen LogP contribution in [-0.2, 0) is 15.8 Å². The van der Waals surface area contributed by atoms with Gasteiger partial charge in [-0.3, -0.25) is 9.59 Å². The van der Waals surface area contributed by atoms with Crippen molar-refractivity contribution in [3.63, 3.8) is 0 Å². The van der Waals surface area contributed by atoms with Gasteiger partial charge in [0.2, 0.25) is 11.8 Å². The number of alkyl halides is 3. The van der Waals surface area contributed by atoms with Crippen LogP contribution < -0.4 is 10.6 Å². The molecule has 1 saturated heterocycles. The average molecular weight is 330 g/mol.